The van der Waals surface area contributed by atoms with Crippen LogP contribution in [0.4, 0.5) is 11.4 Å². The minimum absolute atomic E-state index is 0.166. The highest BCUT2D eigenvalue weighted by Crippen LogP contribution is 2.27. The molecule has 23 heavy (non-hydrogen) atoms. The zero-order valence-corrected chi connectivity index (χ0v) is 13.4. The van der Waals surface area contributed by atoms with Gasteiger partial charge < -0.3 is 15.0 Å². The van der Waals surface area contributed by atoms with Crippen molar-refractivity contribution < 1.29 is 9.53 Å². The lowest BCUT2D eigenvalue weighted by atomic mass is 10.0. The van der Waals surface area contributed by atoms with E-state index in [0.29, 0.717) is 13.0 Å². The molecule has 0 aliphatic carbocycles. The molecular formula is C19H22N2O2. The van der Waals surface area contributed by atoms with Crippen LogP contribution in [0.2, 0.25) is 0 Å². The average Bonchev–Trinajstić information content (AvgIpc) is 2.61. The number of methoxy groups -OCH3 is 1. The molecule has 2 aromatic carbocycles. The Balaban J connectivity index is 1.60. The van der Waals surface area contributed by atoms with Crippen LogP contribution in [-0.2, 0) is 11.2 Å². The zero-order valence-electron chi connectivity index (χ0n) is 13.4. The molecule has 1 heterocycles. The van der Waals surface area contributed by atoms with Crippen molar-refractivity contribution in [2.24, 2.45) is 0 Å². The predicted molar refractivity (Wildman–Crippen MR) is 93.2 cm³/mol. The van der Waals surface area contributed by atoms with E-state index in [1.165, 1.54) is 5.56 Å². The lowest BCUT2D eigenvalue weighted by molar-refractivity contribution is -0.118. The summed E-state index contributed by atoms with van der Waals surface area (Å²) < 4.78 is 5.31. The average molecular weight is 310 g/mol. The summed E-state index contributed by atoms with van der Waals surface area (Å²) in [4.78, 5) is 14.5. The molecule has 0 spiro atoms. The molecule has 0 bridgehead atoms. The number of ether oxygens (including phenoxy) is 1. The highest BCUT2D eigenvalue weighted by atomic mass is 16.5. The topological polar surface area (TPSA) is 41.6 Å². The van der Waals surface area contributed by atoms with Crippen LogP contribution in [-0.4, -0.2) is 26.1 Å². The van der Waals surface area contributed by atoms with Gasteiger partial charge in [0.05, 0.1) is 12.8 Å². The van der Waals surface area contributed by atoms with Gasteiger partial charge in [-0.05, 0) is 36.6 Å². The SMILES string of the molecule is COc1ccccc1NCCC(=O)N1CCCc2ccccc21. The standard InChI is InChI=1S/C19H22N2O2/c1-23-18-11-5-3-9-16(18)20-13-12-19(22)21-14-6-8-15-7-2-4-10-17(15)21/h2-5,7,9-11,20H,6,8,12-14H2,1H3. The van der Waals surface area contributed by atoms with Gasteiger partial charge in [0.15, 0.2) is 0 Å². The predicted octanol–water partition coefficient (Wildman–Crippen LogP) is 3.48. The molecule has 0 unspecified atom stereocenters. The Kier molecular flexibility index (Phi) is 4.81. The number of anilines is 2. The summed E-state index contributed by atoms with van der Waals surface area (Å²) in [5.74, 6) is 0.961. The molecule has 4 heteroatoms. The molecule has 1 amide bonds. The summed E-state index contributed by atoms with van der Waals surface area (Å²) in [7, 11) is 1.65. The van der Waals surface area contributed by atoms with Crippen molar-refractivity contribution in [1.82, 2.24) is 0 Å². The molecule has 120 valence electrons. The normalized spacial score (nSPS) is 13.3. The molecule has 2 aromatic rings. The van der Waals surface area contributed by atoms with Gasteiger partial charge in [0.25, 0.3) is 0 Å². The maximum atomic E-state index is 12.6. The van der Waals surface area contributed by atoms with Crippen LogP contribution in [0.15, 0.2) is 48.5 Å². The summed E-state index contributed by atoms with van der Waals surface area (Å²) in [6.45, 7) is 1.41. The van der Waals surface area contributed by atoms with Crippen molar-refractivity contribution in [2.45, 2.75) is 19.3 Å². The van der Waals surface area contributed by atoms with Gasteiger partial charge >= 0.3 is 0 Å². The highest BCUT2D eigenvalue weighted by Gasteiger charge is 2.21. The second kappa shape index (κ2) is 7.18. The van der Waals surface area contributed by atoms with Crippen molar-refractivity contribution in [3.05, 3.63) is 54.1 Å². The number of nitrogens with one attached hydrogen (secondary N) is 1. The number of hydrogen-bond acceptors (Lipinski definition) is 3. The third-order valence-corrected chi connectivity index (χ3v) is 4.17. The molecule has 0 saturated heterocycles. The van der Waals surface area contributed by atoms with Crippen molar-refractivity contribution in [3.8, 4) is 5.75 Å². The molecule has 0 fully saturated rings. The van der Waals surface area contributed by atoms with E-state index in [9.17, 15) is 4.79 Å². The van der Waals surface area contributed by atoms with Gasteiger partial charge in [-0.25, -0.2) is 0 Å². The number of rotatable bonds is 5. The smallest absolute Gasteiger partial charge is 0.228 e. The lowest BCUT2D eigenvalue weighted by Gasteiger charge is -2.29. The Hall–Kier alpha value is -2.49. The second-order valence-electron chi connectivity index (χ2n) is 5.65. The molecule has 0 saturated carbocycles. The van der Waals surface area contributed by atoms with E-state index in [1.54, 1.807) is 7.11 Å². The minimum Gasteiger partial charge on any atom is -0.495 e. The van der Waals surface area contributed by atoms with Crippen LogP contribution in [0.5, 0.6) is 5.75 Å². The molecular weight excluding hydrogens is 288 g/mol. The van der Waals surface area contributed by atoms with Gasteiger partial charge in [-0.2, -0.15) is 0 Å². The van der Waals surface area contributed by atoms with Crippen LogP contribution in [0, 0.1) is 0 Å². The van der Waals surface area contributed by atoms with Gasteiger partial charge in [0.2, 0.25) is 5.91 Å². The van der Waals surface area contributed by atoms with Crippen molar-refractivity contribution in [2.75, 3.05) is 30.4 Å². The zero-order chi connectivity index (χ0) is 16.1. The Bertz CT molecular complexity index is 685. The van der Waals surface area contributed by atoms with Crippen LogP contribution in [0.25, 0.3) is 0 Å². The Morgan fingerprint density at radius 3 is 2.83 bits per heavy atom. The van der Waals surface area contributed by atoms with Gasteiger partial charge in [-0.15, -0.1) is 0 Å². The number of fused-ring (bicyclic) bond motifs is 1. The summed E-state index contributed by atoms with van der Waals surface area (Å²) in [6.07, 6.45) is 2.55. The first-order chi connectivity index (χ1) is 11.3. The van der Waals surface area contributed by atoms with Gasteiger partial charge in [0, 0.05) is 25.2 Å². The summed E-state index contributed by atoms with van der Waals surface area (Å²) in [5, 5.41) is 3.29. The molecule has 4 nitrogen and oxygen atoms in total. The molecule has 1 aliphatic heterocycles. The summed E-state index contributed by atoms with van der Waals surface area (Å²) in [5.41, 5.74) is 3.26. The third-order valence-electron chi connectivity index (χ3n) is 4.17. The van der Waals surface area contributed by atoms with Crippen molar-refractivity contribution >= 4 is 17.3 Å². The van der Waals surface area contributed by atoms with E-state index in [1.807, 2.05) is 47.4 Å². The van der Waals surface area contributed by atoms with E-state index in [2.05, 4.69) is 11.4 Å². The first kappa shape index (κ1) is 15.4. The van der Waals surface area contributed by atoms with Gasteiger partial charge in [-0.1, -0.05) is 30.3 Å². The van der Waals surface area contributed by atoms with Crippen LogP contribution in [0.1, 0.15) is 18.4 Å². The number of carbonyl (C=O) groups excluding carboxylic acids is 1. The van der Waals surface area contributed by atoms with Crippen molar-refractivity contribution in [3.63, 3.8) is 0 Å². The molecule has 1 aliphatic rings. The molecule has 3 rings (SSSR count). The highest BCUT2D eigenvalue weighted by molar-refractivity contribution is 5.94. The Morgan fingerprint density at radius 2 is 1.96 bits per heavy atom. The number of carbonyl (C=O) groups is 1. The largest absolute Gasteiger partial charge is 0.495 e. The van der Waals surface area contributed by atoms with Gasteiger partial charge in [0.1, 0.15) is 5.75 Å². The summed E-state index contributed by atoms with van der Waals surface area (Å²) >= 11 is 0. The second-order valence-corrected chi connectivity index (χ2v) is 5.65. The van der Waals surface area contributed by atoms with Crippen LogP contribution >= 0.6 is 0 Å². The fraction of sp³-hybridized carbons (Fsp3) is 0.316. The molecule has 1 N–H and O–H groups in total. The Labute approximate surface area is 137 Å². The maximum absolute atomic E-state index is 12.6. The summed E-state index contributed by atoms with van der Waals surface area (Å²) in [6, 6.07) is 15.9. The maximum Gasteiger partial charge on any atom is 0.228 e. The van der Waals surface area contributed by atoms with E-state index in [0.717, 1.165) is 36.5 Å². The molecule has 0 aromatic heterocycles. The first-order valence-corrected chi connectivity index (χ1v) is 8.05. The minimum atomic E-state index is 0.166. The van der Waals surface area contributed by atoms with Crippen LogP contribution in [0.3, 0.4) is 0 Å². The number of amides is 1. The number of para-hydroxylation sites is 3. The number of aryl methyl sites for hydroxylation is 1. The quantitative estimate of drug-likeness (QED) is 0.919. The van der Waals surface area contributed by atoms with Gasteiger partial charge in [-0.3, -0.25) is 4.79 Å². The molecule has 0 atom stereocenters. The monoisotopic (exact) mass is 310 g/mol. The van der Waals surface area contributed by atoms with E-state index < -0.39 is 0 Å². The fourth-order valence-corrected chi connectivity index (χ4v) is 3.02. The Morgan fingerprint density at radius 1 is 1.17 bits per heavy atom. The number of nitrogens with zero attached hydrogens (tertiary/aromatic N) is 1. The first-order valence-electron chi connectivity index (χ1n) is 8.05. The number of hydrogen-bond donors (Lipinski definition) is 1. The van der Waals surface area contributed by atoms with E-state index in [4.69, 9.17) is 4.74 Å². The third kappa shape index (κ3) is 3.47. The van der Waals surface area contributed by atoms with E-state index in [-0.39, 0.29) is 5.91 Å². The van der Waals surface area contributed by atoms with Crippen molar-refractivity contribution in [1.29, 1.82) is 0 Å². The lowest BCUT2D eigenvalue weighted by Crippen LogP contribution is -2.36. The van der Waals surface area contributed by atoms with Crippen LogP contribution < -0.4 is 15.0 Å². The number of benzene rings is 2. The van der Waals surface area contributed by atoms with E-state index >= 15 is 0 Å². The fourth-order valence-electron chi connectivity index (χ4n) is 3.02. The molecule has 0 radical (unpaired) electrons.